The second-order valence-electron chi connectivity index (χ2n) is 4.37. The van der Waals surface area contributed by atoms with Gasteiger partial charge in [0, 0.05) is 24.8 Å². The molecule has 3 N–H and O–H groups in total. The number of imidazole rings is 1. The van der Waals surface area contributed by atoms with Gasteiger partial charge in [0.1, 0.15) is 0 Å². The van der Waals surface area contributed by atoms with Crippen LogP contribution in [-0.2, 0) is 13.6 Å². The van der Waals surface area contributed by atoms with E-state index in [9.17, 15) is 0 Å². The minimum absolute atomic E-state index is 0.442. The van der Waals surface area contributed by atoms with Gasteiger partial charge in [-0.2, -0.15) is 5.10 Å². The van der Waals surface area contributed by atoms with Crippen LogP contribution in [0.2, 0.25) is 0 Å². The van der Waals surface area contributed by atoms with Crippen molar-refractivity contribution in [2.24, 2.45) is 12.8 Å². The van der Waals surface area contributed by atoms with Crippen LogP contribution in [0, 0.1) is 6.92 Å². The highest BCUT2D eigenvalue weighted by atomic mass is 15.3. The molecule has 92 valence electrons. The average Bonchev–Trinajstić information content (AvgIpc) is 2.94. The average molecular weight is 241 g/mol. The fraction of sp³-hybridized carbons (Fsp3) is 0.231. The first kappa shape index (κ1) is 11.0. The number of nitrogens with zero attached hydrogens (tertiary/aromatic N) is 3. The summed E-state index contributed by atoms with van der Waals surface area (Å²) in [6.07, 6.45) is 1.70. The molecule has 2 heterocycles. The number of aromatic nitrogens is 4. The number of hydrogen-bond donors (Lipinski definition) is 2. The number of nitrogens with two attached hydrogens (primary N) is 1. The molecule has 0 spiro atoms. The summed E-state index contributed by atoms with van der Waals surface area (Å²) in [6, 6.07) is 6.16. The first-order chi connectivity index (χ1) is 8.70. The van der Waals surface area contributed by atoms with Crippen LogP contribution in [0.3, 0.4) is 0 Å². The van der Waals surface area contributed by atoms with E-state index in [2.05, 4.69) is 34.1 Å². The Morgan fingerprint density at radius 2 is 2.22 bits per heavy atom. The second kappa shape index (κ2) is 3.96. The summed E-state index contributed by atoms with van der Waals surface area (Å²) in [5.74, 6) is 0. The van der Waals surface area contributed by atoms with Crippen molar-refractivity contribution in [3.63, 3.8) is 0 Å². The number of aromatic amines is 1. The molecule has 0 radical (unpaired) electrons. The van der Waals surface area contributed by atoms with Crippen LogP contribution >= 0.6 is 0 Å². The lowest BCUT2D eigenvalue weighted by Gasteiger charge is -2.03. The Morgan fingerprint density at radius 1 is 1.39 bits per heavy atom. The van der Waals surface area contributed by atoms with Gasteiger partial charge in [0.15, 0.2) is 0 Å². The highest BCUT2D eigenvalue weighted by molar-refractivity contribution is 5.82. The summed E-state index contributed by atoms with van der Waals surface area (Å²) in [5, 5.41) is 4.44. The number of benzene rings is 1. The van der Waals surface area contributed by atoms with E-state index in [1.165, 1.54) is 0 Å². The fourth-order valence-corrected chi connectivity index (χ4v) is 2.29. The van der Waals surface area contributed by atoms with Gasteiger partial charge in [-0.25, -0.2) is 4.98 Å². The Labute approximate surface area is 105 Å². The standard InChI is InChI=1S/C13H15N5/c1-8-13(12(6-14)17-18(8)2)9-3-4-10-11(5-9)16-7-15-10/h3-5,7H,6,14H2,1-2H3,(H,15,16). The van der Waals surface area contributed by atoms with E-state index in [1.807, 2.05) is 17.8 Å². The van der Waals surface area contributed by atoms with Crippen LogP contribution in [-0.4, -0.2) is 19.7 Å². The molecular formula is C13H15N5. The van der Waals surface area contributed by atoms with Crippen LogP contribution in [0.25, 0.3) is 22.2 Å². The molecule has 0 aliphatic carbocycles. The molecule has 0 aliphatic rings. The largest absolute Gasteiger partial charge is 0.345 e. The summed E-state index contributed by atoms with van der Waals surface area (Å²) >= 11 is 0. The van der Waals surface area contributed by atoms with Gasteiger partial charge in [0.05, 0.1) is 23.1 Å². The number of rotatable bonds is 2. The van der Waals surface area contributed by atoms with Crippen molar-refractivity contribution >= 4 is 11.0 Å². The second-order valence-corrected chi connectivity index (χ2v) is 4.37. The normalized spacial score (nSPS) is 11.3. The molecule has 1 aromatic carbocycles. The fourth-order valence-electron chi connectivity index (χ4n) is 2.29. The molecule has 3 rings (SSSR count). The third-order valence-electron chi connectivity index (χ3n) is 3.31. The first-order valence-electron chi connectivity index (χ1n) is 5.86. The Hall–Kier alpha value is -2.14. The number of nitrogens with one attached hydrogen (secondary N) is 1. The van der Waals surface area contributed by atoms with Crippen LogP contribution in [0.1, 0.15) is 11.4 Å². The summed E-state index contributed by atoms with van der Waals surface area (Å²) in [4.78, 5) is 7.35. The van der Waals surface area contributed by atoms with E-state index in [-0.39, 0.29) is 0 Å². The zero-order valence-electron chi connectivity index (χ0n) is 10.4. The molecule has 5 nitrogen and oxygen atoms in total. The quantitative estimate of drug-likeness (QED) is 0.717. The van der Waals surface area contributed by atoms with Crippen LogP contribution in [0.15, 0.2) is 24.5 Å². The smallest absolute Gasteiger partial charge is 0.0931 e. The van der Waals surface area contributed by atoms with Crippen LogP contribution < -0.4 is 5.73 Å². The number of hydrogen-bond acceptors (Lipinski definition) is 3. The summed E-state index contributed by atoms with van der Waals surface area (Å²) < 4.78 is 1.87. The summed E-state index contributed by atoms with van der Waals surface area (Å²) in [5.41, 5.74) is 12.0. The van der Waals surface area contributed by atoms with Crippen LogP contribution in [0.5, 0.6) is 0 Å². The van der Waals surface area contributed by atoms with Crippen molar-refractivity contribution in [2.45, 2.75) is 13.5 Å². The molecule has 18 heavy (non-hydrogen) atoms. The highest BCUT2D eigenvalue weighted by Gasteiger charge is 2.14. The van der Waals surface area contributed by atoms with Gasteiger partial charge in [0.25, 0.3) is 0 Å². The number of H-pyrrole nitrogens is 1. The van der Waals surface area contributed by atoms with Gasteiger partial charge in [-0.1, -0.05) is 6.07 Å². The summed E-state index contributed by atoms with van der Waals surface area (Å²) in [6.45, 7) is 2.50. The zero-order chi connectivity index (χ0) is 12.7. The molecule has 2 aromatic heterocycles. The van der Waals surface area contributed by atoms with Crippen molar-refractivity contribution < 1.29 is 0 Å². The van der Waals surface area contributed by atoms with E-state index < -0.39 is 0 Å². The number of aryl methyl sites for hydroxylation is 1. The van der Waals surface area contributed by atoms with Crippen molar-refractivity contribution in [3.8, 4) is 11.1 Å². The van der Waals surface area contributed by atoms with E-state index in [4.69, 9.17) is 5.73 Å². The Kier molecular flexibility index (Phi) is 2.41. The molecule has 0 atom stereocenters. The topological polar surface area (TPSA) is 72.5 Å². The first-order valence-corrected chi connectivity index (χ1v) is 5.86. The van der Waals surface area contributed by atoms with E-state index in [1.54, 1.807) is 6.33 Å². The number of fused-ring (bicyclic) bond motifs is 1. The lowest BCUT2D eigenvalue weighted by Crippen LogP contribution is -1.99. The van der Waals surface area contributed by atoms with Crippen molar-refractivity contribution in [2.75, 3.05) is 0 Å². The van der Waals surface area contributed by atoms with Gasteiger partial charge in [-0.05, 0) is 24.6 Å². The van der Waals surface area contributed by atoms with Gasteiger partial charge in [0.2, 0.25) is 0 Å². The van der Waals surface area contributed by atoms with E-state index >= 15 is 0 Å². The molecule has 0 saturated carbocycles. The SMILES string of the molecule is Cc1c(-c2ccc3nc[nH]c3c2)c(CN)nn1C. The molecule has 0 unspecified atom stereocenters. The highest BCUT2D eigenvalue weighted by Crippen LogP contribution is 2.28. The Morgan fingerprint density at radius 3 is 3.00 bits per heavy atom. The van der Waals surface area contributed by atoms with Gasteiger partial charge in [-0.3, -0.25) is 4.68 Å². The van der Waals surface area contributed by atoms with E-state index in [0.717, 1.165) is 33.5 Å². The van der Waals surface area contributed by atoms with E-state index in [0.29, 0.717) is 6.54 Å². The maximum absolute atomic E-state index is 5.77. The van der Waals surface area contributed by atoms with Crippen molar-refractivity contribution in [3.05, 3.63) is 35.9 Å². The van der Waals surface area contributed by atoms with Crippen molar-refractivity contribution in [1.82, 2.24) is 19.7 Å². The third-order valence-corrected chi connectivity index (χ3v) is 3.31. The molecule has 0 saturated heterocycles. The van der Waals surface area contributed by atoms with Gasteiger partial charge in [-0.15, -0.1) is 0 Å². The molecule has 0 bridgehead atoms. The minimum atomic E-state index is 0.442. The van der Waals surface area contributed by atoms with Gasteiger partial charge < -0.3 is 10.7 Å². The molecule has 0 fully saturated rings. The van der Waals surface area contributed by atoms with Crippen molar-refractivity contribution in [1.29, 1.82) is 0 Å². The predicted molar refractivity (Wildman–Crippen MR) is 70.9 cm³/mol. The van der Waals surface area contributed by atoms with Crippen LogP contribution in [0.4, 0.5) is 0 Å². The minimum Gasteiger partial charge on any atom is -0.345 e. The lowest BCUT2D eigenvalue weighted by molar-refractivity contribution is 0.721. The third kappa shape index (κ3) is 1.52. The predicted octanol–water partition coefficient (Wildman–Crippen LogP) is 1.73. The molecule has 3 aromatic rings. The monoisotopic (exact) mass is 241 g/mol. The van der Waals surface area contributed by atoms with Gasteiger partial charge >= 0.3 is 0 Å². The summed E-state index contributed by atoms with van der Waals surface area (Å²) in [7, 11) is 1.94. The maximum atomic E-state index is 5.77. The Balaban J connectivity index is 2.24. The molecule has 0 aliphatic heterocycles. The zero-order valence-corrected chi connectivity index (χ0v) is 10.4. The molecule has 5 heteroatoms. The Bertz CT molecular complexity index is 707. The molecule has 0 amide bonds. The lowest BCUT2D eigenvalue weighted by atomic mass is 10.0. The maximum Gasteiger partial charge on any atom is 0.0931 e. The molecular weight excluding hydrogens is 226 g/mol.